The van der Waals surface area contributed by atoms with Crippen molar-refractivity contribution in [1.82, 2.24) is 9.97 Å². The first-order chi connectivity index (χ1) is 8.31. The van der Waals surface area contributed by atoms with E-state index in [2.05, 4.69) is 22.1 Å². The van der Waals surface area contributed by atoms with Crippen LogP contribution in [0.1, 0.15) is 17.0 Å². The third kappa shape index (κ3) is 2.04. The molecule has 0 radical (unpaired) electrons. The smallest absolute Gasteiger partial charge is 0.246 e. The Bertz CT molecular complexity index is 644. The van der Waals surface area contributed by atoms with Crippen LogP contribution in [0, 0.1) is 6.92 Å². The van der Waals surface area contributed by atoms with E-state index in [9.17, 15) is 0 Å². The fourth-order valence-electron chi connectivity index (χ4n) is 1.81. The van der Waals surface area contributed by atoms with Gasteiger partial charge in [-0.3, -0.25) is 0 Å². The molecule has 0 bridgehead atoms. The van der Waals surface area contributed by atoms with Crippen LogP contribution in [0.4, 0.5) is 0 Å². The van der Waals surface area contributed by atoms with Crippen LogP contribution in [0.15, 0.2) is 47.0 Å². The molecular weight excluding hydrogens is 212 g/mol. The lowest BCUT2D eigenvalue weighted by molar-refractivity contribution is 0.535. The van der Waals surface area contributed by atoms with Crippen LogP contribution in [0.3, 0.4) is 0 Å². The molecular formula is C14H12N2O. The van der Waals surface area contributed by atoms with Gasteiger partial charge in [0.05, 0.1) is 0 Å². The van der Waals surface area contributed by atoms with Crippen molar-refractivity contribution in [2.45, 2.75) is 13.3 Å². The Labute approximate surface area is 99.1 Å². The van der Waals surface area contributed by atoms with Gasteiger partial charge in [0.25, 0.3) is 0 Å². The van der Waals surface area contributed by atoms with Crippen LogP contribution in [0.5, 0.6) is 0 Å². The average molecular weight is 224 g/mol. The highest BCUT2D eigenvalue weighted by Gasteiger charge is 2.07. The predicted octanol–water partition coefficient (Wildman–Crippen LogP) is 3.12. The van der Waals surface area contributed by atoms with E-state index in [0.29, 0.717) is 18.0 Å². The molecule has 0 aliphatic rings. The maximum Gasteiger partial charge on any atom is 0.246 e. The van der Waals surface area contributed by atoms with Gasteiger partial charge in [0.2, 0.25) is 11.6 Å². The molecule has 3 heteroatoms. The van der Waals surface area contributed by atoms with E-state index in [1.54, 1.807) is 6.20 Å². The minimum Gasteiger partial charge on any atom is -0.422 e. The summed E-state index contributed by atoms with van der Waals surface area (Å²) in [6, 6.07) is 12.1. The van der Waals surface area contributed by atoms with Crippen molar-refractivity contribution in [3.63, 3.8) is 0 Å². The second kappa shape index (κ2) is 4.01. The third-order valence-corrected chi connectivity index (χ3v) is 2.63. The van der Waals surface area contributed by atoms with Gasteiger partial charge in [-0.25, -0.2) is 9.97 Å². The molecule has 17 heavy (non-hydrogen) atoms. The van der Waals surface area contributed by atoms with Gasteiger partial charge < -0.3 is 4.42 Å². The molecule has 0 amide bonds. The summed E-state index contributed by atoms with van der Waals surface area (Å²) in [4.78, 5) is 8.65. The molecule has 0 N–H and O–H groups in total. The summed E-state index contributed by atoms with van der Waals surface area (Å²) >= 11 is 0. The summed E-state index contributed by atoms with van der Waals surface area (Å²) in [6.07, 6.45) is 2.50. The van der Waals surface area contributed by atoms with E-state index in [1.165, 1.54) is 5.56 Å². The molecule has 0 saturated heterocycles. The fourth-order valence-corrected chi connectivity index (χ4v) is 1.81. The molecule has 0 atom stereocenters. The molecule has 0 fully saturated rings. The number of oxazole rings is 1. The lowest BCUT2D eigenvalue weighted by Crippen LogP contribution is -1.86. The maximum absolute atomic E-state index is 5.60. The highest BCUT2D eigenvalue weighted by atomic mass is 16.4. The maximum atomic E-state index is 5.60. The average Bonchev–Trinajstić information content (AvgIpc) is 2.71. The molecule has 0 saturated carbocycles. The van der Waals surface area contributed by atoms with Crippen LogP contribution in [0.25, 0.3) is 11.2 Å². The summed E-state index contributed by atoms with van der Waals surface area (Å²) in [5.41, 5.74) is 3.73. The van der Waals surface area contributed by atoms with Gasteiger partial charge in [0.1, 0.15) is 5.52 Å². The first-order valence-corrected chi connectivity index (χ1v) is 5.57. The molecule has 3 aromatic rings. The van der Waals surface area contributed by atoms with E-state index >= 15 is 0 Å². The van der Waals surface area contributed by atoms with Crippen molar-refractivity contribution in [1.29, 1.82) is 0 Å². The molecule has 2 aromatic heterocycles. The van der Waals surface area contributed by atoms with Crippen molar-refractivity contribution in [2.75, 3.05) is 0 Å². The molecule has 84 valence electrons. The van der Waals surface area contributed by atoms with E-state index < -0.39 is 0 Å². The second-order valence-corrected chi connectivity index (χ2v) is 4.11. The van der Waals surface area contributed by atoms with E-state index in [-0.39, 0.29) is 0 Å². The summed E-state index contributed by atoms with van der Waals surface area (Å²) < 4.78 is 5.60. The predicted molar refractivity (Wildman–Crippen MR) is 65.8 cm³/mol. The zero-order valence-electron chi connectivity index (χ0n) is 9.55. The Kier molecular flexibility index (Phi) is 2.37. The first-order valence-electron chi connectivity index (χ1n) is 5.57. The number of hydrogen-bond acceptors (Lipinski definition) is 3. The number of aryl methyl sites for hydroxylation is 1. The number of rotatable bonds is 2. The van der Waals surface area contributed by atoms with Crippen molar-refractivity contribution in [2.24, 2.45) is 0 Å². The van der Waals surface area contributed by atoms with Gasteiger partial charge in [0, 0.05) is 12.6 Å². The van der Waals surface area contributed by atoms with Crippen LogP contribution in [-0.4, -0.2) is 9.97 Å². The van der Waals surface area contributed by atoms with Crippen LogP contribution < -0.4 is 0 Å². The van der Waals surface area contributed by atoms with E-state index in [4.69, 9.17) is 4.42 Å². The highest BCUT2D eigenvalue weighted by Crippen LogP contribution is 2.16. The van der Waals surface area contributed by atoms with Crippen LogP contribution in [0.2, 0.25) is 0 Å². The number of aromatic nitrogens is 2. The number of nitrogens with zero attached hydrogens (tertiary/aromatic N) is 2. The Morgan fingerprint density at radius 3 is 2.82 bits per heavy atom. The van der Waals surface area contributed by atoms with Gasteiger partial charge in [-0.2, -0.15) is 0 Å². The van der Waals surface area contributed by atoms with Gasteiger partial charge in [-0.15, -0.1) is 0 Å². The SMILES string of the molecule is Cc1cnc2oc(Cc3ccccc3)nc2c1. The highest BCUT2D eigenvalue weighted by molar-refractivity contribution is 5.68. The largest absolute Gasteiger partial charge is 0.422 e. The second-order valence-electron chi connectivity index (χ2n) is 4.11. The molecule has 0 unspecified atom stereocenters. The minimum atomic E-state index is 0.613. The van der Waals surface area contributed by atoms with Crippen molar-refractivity contribution >= 4 is 11.2 Å². The molecule has 0 aliphatic carbocycles. The normalized spacial score (nSPS) is 10.9. The Morgan fingerprint density at radius 2 is 2.00 bits per heavy atom. The van der Waals surface area contributed by atoms with Gasteiger partial charge in [-0.05, 0) is 24.1 Å². The third-order valence-electron chi connectivity index (χ3n) is 2.63. The Morgan fingerprint density at radius 1 is 1.18 bits per heavy atom. The Balaban J connectivity index is 1.96. The lowest BCUT2D eigenvalue weighted by Gasteiger charge is -1.94. The molecule has 3 nitrogen and oxygen atoms in total. The monoisotopic (exact) mass is 224 g/mol. The number of fused-ring (bicyclic) bond motifs is 1. The Hall–Kier alpha value is -2.16. The number of hydrogen-bond donors (Lipinski definition) is 0. The topological polar surface area (TPSA) is 38.9 Å². The van der Waals surface area contributed by atoms with E-state index in [1.807, 2.05) is 31.2 Å². The van der Waals surface area contributed by atoms with Crippen molar-refractivity contribution < 1.29 is 4.42 Å². The fraction of sp³-hybridized carbons (Fsp3) is 0.143. The standard InChI is InChI=1S/C14H12N2O/c1-10-7-12-14(15-9-10)17-13(16-12)8-11-5-3-2-4-6-11/h2-7,9H,8H2,1H3. The summed E-state index contributed by atoms with van der Waals surface area (Å²) in [7, 11) is 0. The molecule has 1 aromatic carbocycles. The number of pyridine rings is 1. The molecule has 0 aliphatic heterocycles. The molecule has 0 spiro atoms. The van der Waals surface area contributed by atoms with Crippen LogP contribution in [-0.2, 0) is 6.42 Å². The quantitative estimate of drug-likeness (QED) is 0.671. The van der Waals surface area contributed by atoms with Crippen molar-refractivity contribution in [3.8, 4) is 0 Å². The van der Waals surface area contributed by atoms with Crippen LogP contribution >= 0.6 is 0 Å². The zero-order chi connectivity index (χ0) is 11.7. The molecule has 3 rings (SSSR count). The zero-order valence-corrected chi connectivity index (χ0v) is 9.55. The lowest BCUT2D eigenvalue weighted by atomic mass is 10.1. The van der Waals surface area contributed by atoms with Crippen molar-refractivity contribution in [3.05, 3.63) is 59.6 Å². The van der Waals surface area contributed by atoms with Gasteiger partial charge in [-0.1, -0.05) is 30.3 Å². The van der Waals surface area contributed by atoms with Gasteiger partial charge >= 0.3 is 0 Å². The van der Waals surface area contributed by atoms with Gasteiger partial charge in [0.15, 0.2) is 0 Å². The minimum absolute atomic E-state index is 0.613. The summed E-state index contributed by atoms with van der Waals surface area (Å²) in [5, 5.41) is 0. The summed E-state index contributed by atoms with van der Waals surface area (Å²) in [6.45, 7) is 2.00. The first kappa shape index (κ1) is 10.0. The number of benzene rings is 1. The summed E-state index contributed by atoms with van der Waals surface area (Å²) in [5.74, 6) is 0.712. The van der Waals surface area contributed by atoms with E-state index in [0.717, 1.165) is 11.1 Å². The molecule has 2 heterocycles.